The topological polar surface area (TPSA) is 94.0 Å². The molecule has 0 saturated carbocycles. The van der Waals surface area contributed by atoms with Gasteiger partial charge in [-0.2, -0.15) is 5.10 Å². The van der Waals surface area contributed by atoms with E-state index in [2.05, 4.69) is 25.7 Å². The molecule has 8 heteroatoms. The van der Waals surface area contributed by atoms with Gasteiger partial charge in [-0.25, -0.2) is 19.4 Å². The molecule has 0 bridgehead atoms. The summed E-state index contributed by atoms with van der Waals surface area (Å²) < 4.78 is 7.08. The molecule has 2 aromatic heterocycles. The maximum atomic E-state index is 12.2. The Hall–Kier alpha value is -3.42. The molecule has 2 N–H and O–H groups in total. The number of nitrogens with one attached hydrogen (secondary N) is 2. The minimum atomic E-state index is -0.396. The van der Waals surface area contributed by atoms with Crippen LogP contribution in [0.15, 0.2) is 42.7 Å². The molecule has 0 radical (unpaired) electrons. The molecule has 0 saturated heterocycles. The van der Waals surface area contributed by atoms with Crippen LogP contribution >= 0.6 is 0 Å². The lowest BCUT2D eigenvalue weighted by Gasteiger charge is -2.09. The summed E-state index contributed by atoms with van der Waals surface area (Å²) in [5.41, 5.74) is 2.49. The predicted octanol–water partition coefficient (Wildman–Crippen LogP) is 3.32. The summed E-state index contributed by atoms with van der Waals surface area (Å²) in [5.74, 6) is 1.72. The van der Waals surface area contributed by atoms with Crippen molar-refractivity contribution in [3.63, 3.8) is 0 Å². The van der Waals surface area contributed by atoms with Crippen LogP contribution in [0.5, 0.6) is 5.75 Å². The van der Waals surface area contributed by atoms with Crippen molar-refractivity contribution in [2.45, 2.75) is 20.8 Å². The van der Waals surface area contributed by atoms with Crippen molar-refractivity contribution >= 4 is 17.5 Å². The number of urea groups is 1. The van der Waals surface area contributed by atoms with Gasteiger partial charge in [-0.1, -0.05) is 0 Å². The van der Waals surface area contributed by atoms with E-state index in [-0.39, 0.29) is 0 Å². The molecule has 0 atom stereocenters. The van der Waals surface area contributed by atoms with E-state index in [1.165, 1.54) is 6.33 Å². The van der Waals surface area contributed by atoms with Crippen LogP contribution in [0.4, 0.5) is 16.3 Å². The number of anilines is 2. The number of ether oxygens (including phenoxy) is 1. The van der Waals surface area contributed by atoms with Crippen LogP contribution in [0.1, 0.15) is 18.3 Å². The van der Waals surface area contributed by atoms with E-state index in [4.69, 9.17) is 4.74 Å². The molecule has 0 spiro atoms. The molecule has 0 aliphatic rings. The van der Waals surface area contributed by atoms with Crippen molar-refractivity contribution in [1.82, 2.24) is 19.7 Å². The van der Waals surface area contributed by atoms with Gasteiger partial charge >= 0.3 is 6.03 Å². The highest BCUT2D eigenvalue weighted by Gasteiger charge is 2.09. The second-order valence-corrected chi connectivity index (χ2v) is 5.64. The largest absolute Gasteiger partial charge is 0.494 e. The van der Waals surface area contributed by atoms with Gasteiger partial charge in [0.05, 0.1) is 12.3 Å². The Morgan fingerprint density at radius 1 is 1.12 bits per heavy atom. The predicted molar refractivity (Wildman–Crippen MR) is 98.9 cm³/mol. The zero-order valence-corrected chi connectivity index (χ0v) is 14.9. The van der Waals surface area contributed by atoms with Crippen molar-refractivity contribution < 1.29 is 9.53 Å². The number of rotatable bonds is 5. The van der Waals surface area contributed by atoms with Crippen molar-refractivity contribution in [2.24, 2.45) is 0 Å². The quantitative estimate of drug-likeness (QED) is 0.734. The van der Waals surface area contributed by atoms with E-state index < -0.39 is 6.03 Å². The van der Waals surface area contributed by atoms with Crippen LogP contribution in [0.2, 0.25) is 0 Å². The second kappa shape index (κ2) is 7.64. The van der Waals surface area contributed by atoms with Crippen molar-refractivity contribution in [3.05, 3.63) is 54.1 Å². The number of carbonyl (C=O) groups is 1. The van der Waals surface area contributed by atoms with E-state index in [1.807, 2.05) is 26.8 Å². The molecule has 0 aliphatic carbocycles. The molecule has 134 valence electrons. The van der Waals surface area contributed by atoms with E-state index in [9.17, 15) is 4.79 Å². The highest BCUT2D eigenvalue weighted by atomic mass is 16.5. The average Bonchev–Trinajstić information content (AvgIpc) is 2.95. The fourth-order valence-electron chi connectivity index (χ4n) is 2.47. The van der Waals surface area contributed by atoms with Gasteiger partial charge in [0, 0.05) is 17.4 Å². The van der Waals surface area contributed by atoms with Crippen LogP contribution < -0.4 is 15.4 Å². The van der Waals surface area contributed by atoms with Crippen LogP contribution in [-0.4, -0.2) is 32.4 Å². The van der Waals surface area contributed by atoms with Gasteiger partial charge < -0.3 is 10.1 Å². The number of hydrogen-bond donors (Lipinski definition) is 2. The van der Waals surface area contributed by atoms with Crippen molar-refractivity contribution in [3.8, 4) is 11.6 Å². The second-order valence-electron chi connectivity index (χ2n) is 5.64. The van der Waals surface area contributed by atoms with Crippen LogP contribution in [0.3, 0.4) is 0 Å². The third kappa shape index (κ3) is 4.15. The van der Waals surface area contributed by atoms with E-state index >= 15 is 0 Å². The minimum absolute atomic E-state index is 0.381. The van der Waals surface area contributed by atoms with E-state index in [1.54, 1.807) is 35.0 Å². The minimum Gasteiger partial charge on any atom is -0.494 e. The zero-order chi connectivity index (χ0) is 18.5. The van der Waals surface area contributed by atoms with Crippen molar-refractivity contribution in [1.29, 1.82) is 0 Å². The molecule has 0 fully saturated rings. The van der Waals surface area contributed by atoms with Gasteiger partial charge in [0.2, 0.25) is 0 Å². The Morgan fingerprint density at radius 3 is 2.54 bits per heavy atom. The van der Waals surface area contributed by atoms with Crippen LogP contribution in [-0.2, 0) is 0 Å². The van der Waals surface area contributed by atoms with E-state index in [0.717, 1.165) is 17.1 Å². The molecule has 26 heavy (non-hydrogen) atoms. The SMILES string of the molecule is CCOc1ccc(NC(=O)Nc2cc(-n3nc(C)cc3C)ncn2)cc1. The first-order valence-corrected chi connectivity index (χ1v) is 8.21. The molecular formula is C18H20N6O2. The third-order valence-corrected chi connectivity index (χ3v) is 3.54. The normalized spacial score (nSPS) is 10.4. The summed E-state index contributed by atoms with van der Waals surface area (Å²) in [4.78, 5) is 20.5. The number of hydrogen-bond acceptors (Lipinski definition) is 5. The molecule has 2 heterocycles. The smallest absolute Gasteiger partial charge is 0.324 e. The van der Waals surface area contributed by atoms with Gasteiger partial charge in [0.1, 0.15) is 17.9 Å². The van der Waals surface area contributed by atoms with Gasteiger partial charge in [0.25, 0.3) is 0 Å². The average molecular weight is 352 g/mol. The van der Waals surface area contributed by atoms with Gasteiger partial charge in [0.15, 0.2) is 5.82 Å². The van der Waals surface area contributed by atoms with Crippen LogP contribution in [0, 0.1) is 13.8 Å². The van der Waals surface area contributed by atoms with Gasteiger partial charge in [-0.05, 0) is 51.1 Å². The first-order valence-electron chi connectivity index (χ1n) is 8.21. The van der Waals surface area contributed by atoms with Crippen LogP contribution in [0.25, 0.3) is 5.82 Å². The number of aryl methyl sites for hydroxylation is 2. The van der Waals surface area contributed by atoms with Gasteiger partial charge in [-0.15, -0.1) is 0 Å². The number of aromatic nitrogens is 4. The summed E-state index contributed by atoms with van der Waals surface area (Å²) in [6, 6.07) is 10.4. The highest BCUT2D eigenvalue weighted by Crippen LogP contribution is 2.16. The summed E-state index contributed by atoms with van der Waals surface area (Å²) in [5, 5.41) is 9.82. The number of nitrogens with zero attached hydrogens (tertiary/aromatic N) is 4. The van der Waals surface area contributed by atoms with Gasteiger partial charge in [-0.3, -0.25) is 5.32 Å². The molecular weight excluding hydrogens is 332 g/mol. The molecule has 2 amide bonds. The Morgan fingerprint density at radius 2 is 1.88 bits per heavy atom. The monoisotopic (exact) mass is 352 g/mol. The fraction of sp³-hybridized carbons (Fsp3) is 0.222. The Bertz CT molecular complexity index is 904. The summed E-state index contributed by atoms with van der Waals surface area (Å²) >= 11 is 0. The zero-order valence-electron chi connectivity index (χ0n) is 14.9. The molecule has 0 aliphatic heterocycles. The standard InChI is InChI=1S/C18H20N6O2/c1-4-26-15-7-5-14(6-8-15)21-18(25)22-16-10-17(20-11-19-16)24-13(3)9-12(2)23-24/h5-11H,4H2,1-3H3,(H2,19,20,21,22,25). The first kappa shape index (κ1) is 17.4. The lowest BCUT2D eigenvalue weighted by molar-refractivity contribution is 0.262. The molecule has 1 aromatic carbocycles. The summed E-state index contributed by atoms with van der Waals surface area (Å²) in [7, 11) is 0. The first-order chi connectivity index (χ1) is 12.5. The summed E-state index contributed by atoms with van der Waals surface area (Å²) in [6.07, 6.45) is 1.39. The molecule has 3 aromatic rings. The molecule has 0 unspecified atom stereocenters. The number of carbonyl (C=O) groups excluding carboxylic acids is 1. The lowest BCUT2D eigenvalue weighted by Crippen LogP contribution is -2.20. The lowest BCUT2D eigenvalue weighted by atomic mass is 10.3. The van der Waals surface area contributed by atoms with E-state index in [0.29, 0.717) is 23.9 Å². The number of benzene rings is 1. The number of amides is 2. The Labute approximate surface area is 151 Å². The molecule has 3 rings (SSSR count). The molecule has 8 nitrogen and oxygen atoms in total. The maximum absolute atomic E-state index is 12.2. The highest BCUT2D eigenvalue weighted by molar-refractivity contribution is 5.99. The maximum Gasteiger partial charge on any atom is 0.324 e. The third-order valence-electron chi connectivity index (χ3n) is 3.54. The Kier molecular flexibility index (Phi) is 5.12. The fourth-order valence-corrected chi connectivity index (χ4v) is 2.47. The Balaban J connectivity index is 1.67. The summed E-state index contributed by atoms with van der Waals surface area (Å²) in [6.45, 7) is 6.36. The van der Waals surface area contributed by atoms with Crippen molar-refractivity contribution in [2.75, 3.05) is 17.2 Å².